The minimum atomic E-state index is -4.39. The van der Waals surface area contributed by atoms with Gasteiger partial charge in [-0.2, -0.15) is 13.2 Å². The summed E-state index contributed by atoms with van der Waals surface area (Å²) >= 11 is 0. The lowest BCUT2D eigenvalue weighted by Gasteiger charge is -2.39. The average Bonchev–Trinajstić information content (AvgIpc) is 3.71. The molecule has 232 valence electrons. The Morgan fingerprint density at radius 3 is 1.70 bits per heavy atom. The third-order valence-electron chi connectivity index (χ3n) is 9.48. The molecule has 11 heteroatoms. The average molecular weight is 600 g/mol. The van der Waals surface area contributed by atoms with Crippen LogP contribution in [0, 0.1) is 0 Å². The van der Waals surface area contributed by atoms with Crippen molar-refractivity contribution in [2.75, 3.05) is 53.4 Å². The van der Waals surface area contributed by atoms with Gasteiger partial charge in [-0.3, -0.25) is 14.5 Å². The Labute approximate surface area is 251 Å². The lowest BCUT2D eigenvalue weighted by molar-refractivity contribution is -0.137. The number of rotatable bonds is 5. The number of carbonyl (C=O) groups excluding carboxylic acids is 3. The number of benzene rings is 2. The van der Waals surface area contributed by atoms with Gasteiger partial charge in [0, 0.05) is 70.9 Å². The van der Waals surface area contributed by atoms with Crippen LogP contribution in [-0.2, 0) is 11.0 Å². The molecule has 43 heavy (non-hydrogen) atoms. The van der Waals surface area contributed by atoms with E-state index in [1.807, 2.05) is 14.7 Å². The molecule has 0 spiro atoms. The van der Waals surface area contributed by atoms with Gasteiger partial charge in [0.2, 0.25) is 5.91 Å². The second-order valence-electron chi connectivity index (χ2n) is 12.0. The summed E-state index contributed by atoms with van der Waals surface area (Å²) in [6.07, 6.45) is -0.862. The summed E-state index contributed by atoms with van der Waals surface area (Å²) in [7, 11) is 3.89. The predicted molar refractivity (Wildman–Crippen MR) is 157 cm³/mol. The number of carbonyl (C=O) groups is 3. The Balaban J connectivity index is 1.11. The molecule has 3 fully saturated rings. The molecule has 0 aliphatic carbocycles. The second-order valence-corrected chi connectivity index (χ2v) is 12.0. The van der Waals surface area contributed by atoms with Crippen molar-refractivity contribution in [3.8, 4) is 11.1 Å². The van der Waals surface area contributed by atoms with Crippen molar-refractivity contribution in [3.05, 3.63) is 59.7 Å². The van der Waals surface area contributed by atoms with Gasteiger partial charge in [-0.25, -0.2) is 4.79 Å². The van der Waals surface area contributed by atoms with Crippen LogP contribution < -0.4 is 0 Å². The molecule has 3 aliphatic rings. The van der Waals surface area contributed by atoms with E-state index in [4.69, 9.17) is 0 Å². The van der Waals surface area contributed by atoms with Gasteiger partial charge in [-0.05, 0) is 68.1 Å². The Hall–Kier alpha value is -3.60. The maximum Gasteiger partial charge on any atom is 0.416 e. The topological polar surface area (TPSA) is 67.4 Å². The highest BCUT2D eigenvalue weighted by Gasteiger charge is 2.38. The fourth-order valence-corrected chi connectivity index (χ4v) is 6.59. The number of hydrogen-bond donors (Lipinski definition) is 0. The normalized spacial score (nSPS) is 21.5. The molecule has 0 unspecified atom stereocenters. The van der Waals surface area contributed by atoms with Crippen molar-refractivity contribution in [3.63, 3.8) is 0 Å². The van der Waals surface area contributed by atoms with Crippen LogP contribution in [-0.4, -0.2) is 114 Å². The van der Waals surface area contributed by atoms with E-state index in [1.165, 1.54) is 12.1 Å². The number of nitrogens with zero attached hydrogens (tertiary/aromatic N) is 5. The smallest absolute Gasteiger partial charge is 0.343 e. The number of hydrogen-bond acceptors (Lipinski definition) is 4. The number of alkyl halides is 3. The van der Waals surface area contributed by atoms with Crippen LogP contribution in [0.4, 0.5) is 18.0 Å². The summed E-state index contributed by atoms with van der Waals surface area (Å²) in [4.78, 5) is 48.1. The highest BCUT2D eigenvalue weighted by Crippen LogP contribution is 2.31. The van der Waals surface area contributed by atoms with Crippen LogP contribution in [0.3, 0.4) is 0 Å². The molecule has 3 aliphatic heterocycles. The van der Waals surface area contributed by atoms with Gasteiger partial charge in [0.05, 0.1) is 11.6 Å². The summed E-state index contributed by atoms with van der Waals surface area (Å²) < 4.78 is 38.6. The number of likely N-dealkylation sites (tertiary alicyclic amines) is 3. The minimum Gasteiger partial charge on any atom is -0.343 e. The lowest BCUT2D eigenvalue weighted by atomic mass is 10.0. The van der Waals surface area contributed by atoms with E-state index in [0.29, 0.717) is 55.8 Å². The van der Waals surface area contributed by atoms with Gasteiger partial charge in [0.15, 0.2) is 0 Å². The van der Waals surface area contributed by atoms with E-state index in [1.54, 1.807) is 43.1 Å². The molecule has 8 nitrogen and oxygen atoms in total. The Bertz CT molecular complexity index is 1310. The van der Waals surface area contributed by atoms with Crippen LogP contribution in [0.5, 0.6) is 0 Å². The van der Waals surface area contributed by atoms with Crippen molar-refractivity contribution in [2.45, 2.75) is 56.9 Å². The molecule has 5 rings (SSSR count). The summed E-state index contributed by atoms with van der Waals surface area (Å²) in [6, 6.07) is 12.4. The zero-order chi connectivity index (χ0) is 30.9. The third kappa shape index (κ3) is 6.82. The predicted octanol–water partition coefficient (Wildman–Crippen LogP) is 4.66. The quantitative estimate of drug-likeness (QED) is 0.502. The molecule has 0 N–H and O–H groups in total. The Morgan fingerprint density at radius 1 is 0.698 bits per heavy atom. The van der Waals surface area contributed by atoms with Gasteiger partial charge < -0.3 is 19.6 Å². The molecule has 3 saturated heterocycles. The molecule has 0 radical (unpaired) electrons. The second kappa shape index (κ2) is 12.6. The number of amides is 4. The van der Waals surface area contributed by atoms with Gasteiger partial charge in [-0.1, -0.05) is 24.3 Å². The maximum atomic E-state index is 13.4. The van der Waals surface area contributed by atoms with E-state index in [2.05, 4.69) is 11.9 Å². The van der Waals surface area contributed by atoms with E-state index in [-0.39, 0.29) is 23.9 Å². The van der Waals surface area contributed by atoms with Crippen molar-refractivity contribution in [1.82, 2.24) is 24.5 Å². The fourth-order valence-electron chi connectivity index (χ4n) is 6.59. The maximum absolute atomic E-state index is 13.4. The van der Waals surface area contributed by atoms with E-state index in [9.17, 15) is 27.6 Å². The molecular weight excluding hydrogens is 559 g/mol. The standard InChI is InChI=1S/C32H40F3N5O3/c1-22(41)38-16-12-27(13-17-38)36(2)28-14-18-39(20-28)31(43)40-19-15-29(21-40)37(3)30(42)25-6-4-23(5-7-25)24-8-10-26(11-9-24)32(33,34)35/h4-11,27-29H,12-21H2,1-3H3/t28-,29+/m1/s1. The SMILES string of the molecule is CC(=O)N1CCC(N(C)[C@@H]2CCN(C(=O)N3CC[C@H](N(C)C(=O)c4ccc(-c5ccc(C(F)(F)F)cc5)cc4)C3)C2)CC1. The Morgan fingerprint density at radius 2 is 1.16 bits per heavy atom. The van der Waals surface area contributed by atoms with Gasteiger partial charge in [0.1, 0.15) is 0 Å². The number of likely N-dealkylation sites (N-methyl/N-ethyl adjacent to an activating group) is 2. The first-order valence-corrected chi connectivity index (χ1v) is 15.0. The van der Waals surface area contributed by atoms with E-state index < -0.39 is 11.7 Å². The van der Waals surface area contributed by atoms with Gasteiger partial charge in [-0.15, -0.1) is 0 Å². The van der Waals surface area contributed by atoms with Crippen LogP contribution >= 0.6 is 0 Å². The van der Waals surface area contributed by atoms with Crippen molar-refractivity contribution >= 4 is 17.8 Å². The minimum absolute atomic E-state index is 0.0199. The first-order chi connectivity index (χ1) is 20.4. The monoisotopic (exact) mass is 599 g/mol. The fraction of sp³-hybridized carbons (Fsp3) is 0.531. The molecule has 0 saturated carbocycles. The highest BCUT2D eigenvalue weighted by molar-refractivity contribution is 5.95. The molecule has 2 aromatic rings. The van der Waals surface area contributed by atoms with Crippen LogP contribution in [0.1, 0.15) is 48.5 Å². The molecule has 2 aromatic carbocycles. The molecule has 4 amide bonds. The van der Waals surface area contributed by atoms with Crippen molar-refractivity contribution in [2.24, 2.45) is 0 Å². The zero-order valence-corrected chi connectivity index (χ0v) is 25.0. The molecular formula is C32H40F3N5O3. The molecule has 3 heterocycles. The number of urea groups is 1. The van der Waals surface area contributed by atoms with Crippen molar-refractivity contribution < 1.29 is 27.6 Å². The largest absolute Gasteiger partial charge is 0.416 e. The van der Waals surface area contributed by atoms with Crippen LogP contribution in [0.2, 0.25) is 0 Å². The molecule has 0 bridgehead atoms. The third-order valence-corrected chi connectivity index (χ3v) is 9.48. The molecule has 2 atom stereocenters. The summed E-state index contributed by atoms with van der Waals surface area (Å²) in [5.74, 6) is -0.0263. The summed E-state index contributed by atoms with van der Waals surface area (Å²) in [5.41, 5.74) is 1.15. The van der Waals surface area contributed by atoms with Gasteiger partial charge >= 0.3 is 12.2 Å². The highest BCUT2D eigenvalue weighted by atomic mass is 19.4. The summed E-state index contributed by atoms with van der Waals surface area (Å²) in [6.45, 7) is 5.65. The van der Waals surface area contributed by atoms with Crippen LogP contribution in [0.15, 0.2) is 48.5 Å². The number of halogens is 3. The zero-order valence-electron chi connectivity index (χ0n) is 25.0. The van der Waals surface area contributed by atoms with E-state index >= 15 is 0 Å². The first-order valence-electron chi connectivity index (χ1n) is 15.0. The van der Waals surface area contributed by atoms with Gasteiger partial charge in [0.25, 0.3) is 5.91 Å². The Kier molecular flexibility index (Phi) is 9.01. The molecule has 0 aromatic heterocycles. The van der Waals surface area contributed by atoms with Crippen molar-refractivity contribution in [1.29, 1.82) is 0 Å². The lowest BCUT2D eigenvalue weighted by Crippen LogP contribution is -2.49. The number of piperidine rings is 1. The summed E-state index contributed by atoms with van der Waals surface area (Å²) in [5, 5.41) is 0. The first kappa shape index (κ1) is 30.8. The van der Waals surface area contributed by atoms with Crippen LogP contribution in [0.25, 0.3) is 11.1 Å². The van der Waals surface area contributed by atoms with E-state index in [0.717, 1.165) is 50.0 Å².